The van der Waals surface area contributed by atoms with E-state index in [0.29, 0.717) is 18.1 Å². The van der Waals surface area contributed by atoms with Crippen LogP contribution in [0.4, 0.5) is 17.2 Å². The molecule has 1 N–H and O–H groups in total. The zero-order valence-electron chi connectivity index (χ0n) is 20.1. The van der Waals surface area contributed by atoms with Crippen LogP contribution in [0.1, 0.15) is 48.8 Å². The zero-order valence-corrected chi connectivity index (χ0v) is 20.1. The van der Waals surface area contributed by atoms with Gasteiger partial charge in [0.05, 0.1) is 24.4 Å². The summed E-state index contributed by atoms with van der Waals surface area (Å²) in [5, 5.41) is 11.1. The second-order valence-corrected chi connectivity index (χ2v) is 8.97. The lowest BCUT2D eigenvalue weighted by Crippen LogP contribution is -2.33. The van der Waals surface area contributed by atoms with Gasteiger partial charge in [-0.2, -0.15) is 5.26 Å². The van der Waals surface area contributed by atoms with Crippen LogP contribution in [-0.2, 0) is 4.74 Å². The highest BCUT2D eigenvalue weighted by Gasteiger charge is 2.32. The maximum atomic E-state index is 12.7. The van der Waals surface area contributed by atoms with Gasteiger partial charge in [-0.1, -0.05) is 30.3 Å². The molecule has 1 unspecified atom stereocenters. The monoisotopic (exact) mass is 467 g/mol. The van der Waals surface area contributed by atoms with Crippen molar-refractivity contribution >= 4 is 23.2 Å². The van der Waals surface area contributed by atoms with Gasteiger partial charge in [-0.15, -0.1) is 0 Å². The summed E-state index contributed by atoms with van der Waals surface area (Å²) in [5.74, 6) is 0.445. The Bertz CT molecular complexity index is 1240. The number of hydrazine groups is 1. The second kappa shape index (κ2) is 9.77. The molecule has 0 bridgehead atoms. The number of hydrogen-bond acceptors (Lipinski definition) is 7. The van der Waals surface area contributed by atoms with Crippen LogP contribution in [0.2, 0.25) is 0 Å². The van der Waals surface area contributed by atoms with E-state index >= 15 is 0 Å². The molecular weight excluding hydrogens is 438 g/mol. The number of aromatic nitrogens is 1. The molecule has 1 aromatic heterocycles. The van der Waals surface area contributed by atoms with Crippen LogP contribution in [0.25, 0.3) is 11.1 Å². The number of ether oxygens (including phenoxy) is 1. The van der Waals surface area contributed by atoms with E-state index in [2.05, 4.69) is 47.6 Å². The first-order valence-corrected chi connectivity index (χ1v) is 12.2. The van der Waals surface area contributed by atoms with Gasteiger partial charge in [-0.25, -0.2) is 15.2 Å². The summed E-state index contributed by atoms with van der Waals surface area (Å²) in [4.78, 5) is 19.8. The van der Waals surface area contributed by atoms with Crippen LogP contribution in [-0.4, -0.2) is 30.6 Å². The van der Waals surface area contributed by atoms with E-state index in [1.54, 1.807) is 6.92 Å². The lowest BCUT2D eigenvalue weighted by Gasteiger charge is -2.31. The van der Waals surface area contributed by atoms with Crippen molar-refractivity contribution in [2.24, 2.45) is 5.92 Å². The number of para-hydroxylation sites is 1. The first-order valence-electron chi connectivity index (χ1n) is 12.2. The summed E-state index contributed by atoms with van der Waals surface area (Å²) in [6.45, 7) is 5.97. The molecule has 0 aliphatic carbocycles. The molecule has 3 heterocycles. The number of benzene rings is 2. The maximum Gasteiger partial charge on any atom is 0.357 e. The fourth-order valence-corrected chi connectivity index (χ4v) is 4.90. The normalized spacial score (nSPS) is 17.7. The summed E-state index contributed by atoms with van der Waals surface area (Å²) in [6.07, 6.45) is 1.80. The summed E-state index contributed by atoms with van der Waals surface area (Å²) in [7, 11) is 0. The van der Waals surface area contributed by atoms with Crippen molar-refractivity contribution in [2.75, 3.05) is 29.6 Å². The Hall–Kier alpha value is -3.89. The van der Waals surface area contributed by atoms with E-state index in [1.165, 1.54) is 0 Å². The standard InChI is InChI=1S/C28H29N5O2/c1-3-35-28(34)25-17-24(21-9-11-22(12-10-21)32-15-13-20(18-29)14-16-32)26-19(2)31-33(27(26)30-25)23-7-5-4-6-8-23/h4-12,17,19-20,31H,3,13-16H2,1-2H3. The van der Waals surface area contributed by atoms with Crippen molar-refractivity contribution in [3.05, 3.63) is 71.9 Å². The minimum atomic E-state index is -0.430. The van der Waals surface area contributed by atoms with E-state index in [4.69, 9.17) is 9.72 Å². The quantitative estimate of drug-likeness (QED) is 0.504. The Labute approximate surface area is 205 Å². The molecule has 5 rings (SSSR count). The SMILES string of the molecule is CCOC(=O)c1cc(-c2ccc(N3CCC(C#N)CC3)cc2)c2c(n1)N(c1ccccc1)NC2C. The number of nitriles is 1. The van der Waals surface area contributed by atoms with Crippen molar-refractivity contribution < 1.29 is 9.53 Å². The molecule has 0 amide bonds. The minimum absolute atomic E-state index is 0.00800. The smallest absolute Gasteiger partial charge is 0.357 e. The van der Waals surface area contributed by atoms with Gasteiger partial charge >= 0.3 is 5.97 Å². The summed E-state index contributed by atoms with van der Waals surface area (Å²) in [5.41, 5.74) is 8.93. The molecule has 2 aromatic carbocycles. The number of pyridine rings is 1. The lowest BCUT2D eigenvalue weighted by atomic mass is 9.95. The first kappa shape index (κ1) is 22.9. The van der Waals surface area contributed by atoms with E-state index in [1.807, 2.05) is 41.4 Å². The molecule has 7 nitrogen and oxygen atoms in total. The predicted molar refractivity (Wildman–Crippen MR) is 136 cm³/mol. The van der Waals surface area contributed by atoms with E-state index in [-0.39, 0.29) is 12.0 Å². The van der Waals surface area contributed by atoms with E-state index < -0.39 is 5.97 Å². The third-order valence-electron chi connectivity index (χ3n) is 6.73. The molecule has 0 saturated carbocycles. The molecule has 35 heavy (non-hydrogen) atoms. The second-order valence-electron chi connectivity index (χ2n) is 8.97. The number of nitrogens with one attached hydrogen (secondary N) is 1. The third-order valence-corrected chi connectivity index (χ3v) is 6.73. The molecule has 7 heteroatoms. The molecule has 1 atom stereocenters. The van der Waals surface area contributed by atoms with Gasteiger partial charge in [0.25, 0.3) is 0 Å². The Morgan fingerprint density at radius 2 is 1.83 bits per heavy atom. The summed E-state index contributed by atoms with van der Waals surface area (Å²) in [6, 6.07) is 22.7. The number of nitrogens with zero attached hydrogens (tertiary/aromatic N) is 4. The van der Waals surface area contributed by atoms with Crippen LogP contribution in [0.15, 0.2) is 60.7 Å². The minimum Gasteiger partial charge on any atom is -0.461 e. The molecule has 0 spiro atoms. The third kappa shape index (κ3) is 4.45. The van der Waals surface area contributed by atoms with Gasteiger partial charge < -0.3 is 9.64 Å². The molecular formula is C28H29N5O2. The highest BCUT2D eigenvalue weighted by molar-refractivity contribution is 5.92. The summed E-state index contributed by atoms with van der Waals surface area (Å²) >= 11 is 0. The number of esters is 1. The maximum absolute atomic E-state index is 12.7. The highest BCUT2D eigenvalue weighted by atomic mass is 16.5. The molecule has 0 radical (unpaired) electrons. The Kier molecular flexibility index (Phi) is 6.39. The van der Waals surface area contributed by atoms with Crippen LogP contribution >= 0.6 is 0 Å². The van der Waals surface area contributed by atoms with Crippen molar-refractivity contribution in [3.8, 4) is 17.2 Å². The van der Waals surface area contributed by atoms with Crippen molar-refractivity contribution in [2.45, 2.75) is 32.7 Å². The lowest BCUT2D eigenvalue weighted by molar-refractivity contribution is 0.0519. The van der Waals surface area contributed by atoms with Crippen LogP contribution in [0, 0.1) is 17.2 Å². The molecule has 3 aromatic rings. The number of hydrogen-bond donors (Lipinski definition) is 1. The Morgan fingerprint density at radius 1 is 1.11 bits per heavy atom. The van der Waals surface area contributed by atoms with Crippen LogP contribution in [0.5, 0.6) is 0 Å². The molecule has 1 saturated heterocycles. The molecule has 178 valence electrons. The van der Waals surface area contributed by atoms with Gasteiger partial charge in [0.2, 0.25) is 0 Å². The predicted octanol–water partition coefficient (Wildman–Crippen LogP) is 5.38. The summed E-state index contributed by atoms with van der Waals surface area (Å²) < 4.78 is 5.29. The number of fused-ring (bicyclic) bond motifs is 1. The van der Waals surface area contributed by atoms with Crippen molar-refractivity contribution in [3.63, 3.8) is 0 Å². The molecule has 1 fully saturated rings. The van der Waals surface area contributed by atoms with Crippen LogP contribution < -0.4 is 15.3 Å². The van der Waals surface area contributed by atoms with Crippen molar-refractivity contribution in [1.82, 2.24) is 10.4 Å². The number of anilines is 3. The highest BCUT2D eigenvalue weighted by Crippen LogP contribution is 2.42. The van der Waals surface area contributed by atoms with Crippen molar-refractivity contribution in [1.29, 1.82) is 5.26 Å². The first-order chi connectivity index (χ1) is 17.1. The van der Waals surface area contributed by atoms with Gasteiger partial charge in [-0.3, -0.25) is 5.01 Å². The zero-order chi connectivity index (χ0) is 24.4. The van der Waals surface area contributed by atoms with E-state index in [0.717, 1.165) is 54.0 Å². The number of carbonyl (C=O) groups is 1. The fourth-order valence-electron chi connectivity index (χ4n) is 4.90. The largest absolute Gasteiger partial charge is 0.461 e. The molecule has 2 aliphatic heterocycles. The Morgan fingerprint density at radius 3 is 2.49 bits per heavy atom. The number of piperidine rings is 1. The average Bonchev–Trinajstić information content (AvgIpc) is 3.25. The molecule has 2 aliphatic rings. The van der Waals surface area contributed by atoms with Gasteiger partial charge in [-0.05, 0) is 68.1 Å². The fraction of sp³-hybridized carbons (Fsp3) is 0.321. The Balaban J connectivity index is 1.54. The van der Waals surface area contributed by atoms with Gasteiger partial charge in [0.1, 0.15) is 0 Å². The van der Waals surface area contributed by atoms with Gasteiger partial charge in [0, 0.05) is 30.3 Å². The van der Waals surface area contributed by atoms with Crippen LogP contribution in [0.3, 0.4) is 0 Å². The average molecular weight is 468 g/mol. The van der Waals surface area contributed by atoms with Gasteiger partial charge in [0.15, 0.2) is 11.5 Å². The number of carbonyl (C=O) groups excluding carboxylic acids is 1. The topological polar surface area (TPSA) is 81.5 Å². The van der Waals surface area contributed by atoms with E-state index in [9.17, 15) is 10.1 Å². The number of rotatable bonds is 5.